The zero-order chi connectivity index (χ0) is 24.7. The molecule has 1 unspecified atom stereocenters. The molecule has 2 nitrogen and oxygen atoms in total. The standard InChI is InChI=1S/C29H26F4O2/c1-34-26-8-4-7-22-21-13-12-19-18(5-3-6-20(19)23(21)16-27(35-2)28(22)26)11-9-17-10-14-24(25(30)15-17)29(31,32)33/h4,7-8,10,12-16,18H,3,5-6,9,11H2,1-2H3. The molecule has 4 aromatic rings. The van der Waals surface area contributed by atoms with E-state index in [1.54, 1.807) is 14.2 Å². The van der Waals surface area contributed by atoms with Gasteiger partial charge in [-0.05, 0) is 95.1 Å². The minimum absolute atomic E-state index is 0.264. The van der Waals surface area contributed by atoms with Crippen LogP contribution in [0.25, 0.3) is 21.5 Å². The van der Waals surface area contributed by atoms with Crippen LogP contribution in [0.15, 0.2) is 54.6 Å². The Balaban J connectivity index is 1.50. The van der Waals surface area contributed by atoms with E-state index in [0.29, 0.717) is 12.0 Å². The van der Waals surface area contributed by atoms with E-state index < -0.39 is 17.6 Å². The summed E-state index contributed by atoms with van der Waals surface area (Å²) < 4.78 is 64.0. The highest BCUT2D eigenvalue weighted by molar-refractivity contribution is 6.13. The normalized spacial score (nSPS) is 15.9. The molecule has 0 radical (unpaired) electrons. The summed E-state index contributed by atoms with van der Waals surface area (Å²) in [6.45, 7) is 0. The van der Waals surface area contributed by atoms with Crippen molar-refractivity contribution in [2.45, 2.75) is 44.2 Å². The number of benzene rings is 4. The second-order valence-corrected chi connectivity index (χ2v) is 9.13. The molecule has 182 valence electrons. The van der Waals surface area contributed by atoms with Crippen molar-refractivity contribution in [3.63, 3.8) is 0 Å². The Hall–Kier alpha value is -3.28. The van der Waals surface area contributed by atoms with E-state index in [-0.39, 0.29) is 5.92 Å². The Morgan fingerprint density at radius 1 is 0.886 bits per heavy atom. The quantitative estimate of drug-likeness (QED) is 0.211. The van der Waals surface area contributed by atoms with E-state index in [2.05, 4.69) is 24.3 Å². The number of ether oxygens (including phenoxy) is 2. The Labute approximate surface area is 201 Å². The molecule has 5 rings (SSSR count). The molecule has 0 saturated carbocycles. The van der Waals surface area contributed by atoms with E-state index in [9.17, 15) is 17.6 Å². The molecule has 0 amide bonds. The molecule has 35 heavy (non-hydrogen) atoms. The van der Waals surface area contributed by atoms with Crippen molar-refractivity contribution in [2.75, 3.05) is 14.2 Å². The van der Waals surface area contributed by atoms with Crippen molar-refractivity contribution < 1.29 is 27.0 Å². The van der Waals surface area contributed by atoms with Gasteiger partial charge in [0.05, 0.1) is 25.2 Å². The highest BCUT2D eigenvalue weighted by atomic mass is 19.4. The number of aryl methyl sites for hydroxylation is 2. The van der Waals surface area contributed by atoms with Gasteiger partial charge in [-0.15, -0.1) is 0 Å². The highest BCUT2D eigenvalue weighted by Gasteiger charge is 2.34. The molecule has 1 aliphatic carbocycles. The lowest BCUT2D eigenvalue weighted by Crippen LogP contribution is -2.12. The monoisotopic (exact) mass is 482 g/mol. The lowest BCUT2D eigenvalue weighted by molar-refractivity contribution is -0.140. The molecule has 1 atom stereocenters. The molecule has 0 heterocycles. The molecule has 1 aliphatic rings. The zero-order valence-corrected chi connectivity index (χ0v) is 19.6. The van der Waals surface area contributed by atoms with E-state index in [4.69, 9.17) is 9.47 Å². The molecular formula is C29H26F4O2. The van der Waals surface area contributed by atoms with Crippen LogP contribution in [0.5, 0.6) is 11.5 Å². The molecule has 0 aromatic heterocycles. The van der Waals surface area contributed by atoms with Gasteiger partial charge in [-0.3, -0.25) is 0 Å². The van der Waals surface area contributed by atoms with Gasteiger partial charge < -0.3 is 9.47 Å². The van der Waals surface area contributed by atoms with Gasteiger partial charge in [0, 0.05) is 0 Å². The van der Waals surface area contributed by atoms with Crippen LogP contribution in [0.2, 0.25) is 0 Å². The first kappa shape index (κ1) is 23.5. The van der Waals surface area contributed by atoms with Gasteiger partial charge >= 0.3 is 6.18 Å². The van der Waals surface area contributed by atoms with E-state index in [1.165, 1.54) is 17.2 Å². The summed E-state index contributed by atoms with van der Waals surface area (Å²) in [7, 11) is 3.31. The van der Waals surface area contributed by atoms with Gasteiger partial charge in [-0.1, -0.05) is 30.3 Å². The number of methoxy groups -OCH3 is 2. The summed E-state index contributed by atoms with van der Waals surface area (Å²) in [5, 5.41) is 4.32. The molecule has 6 heteroatoms. The Bertz CT molecular complexity index is 1410. The van der Waals surface area contributed by atoms with Gasteiger partial charge in [-0.25, -0.2) is 4.39 Å². The average molecular weight is 483 g/mol. The van der Waals surface area contributed by atoms with Crippen molar-refractivity contribution in [2.24, 2.45) is 0 Å². The Morgan fingerprint density at radius 3 is 2.40 bits per heavy atom. The third kappa shape index (κ3) is 4.19. The summed E-state index contributed by atoms with van der Waals surface area (Å²) >= 11 is 0. The number of halogens is 4. The van der Waals surface area contributed by atoms with Crippen LogP contribution in [-0.4, -0.2) is 14.2 Å². The maximum absolute atomic E-state index is 14.0. The summed E-state index contributed by atoms with van der Waals surface area (Å²) in [6, 6.07) is 15.7. The van der Waals surface area contributed by atoms with Crippen LogP contribution in [0.1, 0.15) is 47.4 Å². The molecule has 0 spiro atoms. The van der Waals surface area contributed by atoms with E-state index in [1.807, 2.05) is 12.1 Å². The molecule has 0 fully saturated rings. The Morgan fingerprint density at radius 2 is 1.69 bits per heavy atom. The molecule has 0 aliphatic heterocycles. The molecular weight excluding hydrogens is 456 g/mol. The van der Waals surface area contributed by atoms with Crippen LogP contribution >= 0.6 is 0 Å². The maximum Gasteiger partial charge on any atom is 0.419 e. The Kier molecular flexibility index (Phi) is 6.07. The number of hydrogen-bond acceptors (Lipinski definition) is 2. The molecule has 0 N–H and O–H groups in total. The lowest BCUT2D eigenvalue weighted by atomic mass is 9.77. The summed E-state index contributed by atoms with van der Waals surface area (Å²) in [5.74, 6) is 0.585. The predicted molar refractivity (Wildman–Crippen MR) is 130 cm³/mol. The van der Waals surface area contributed by atoms with Crippen molar-refractivity contribution in [3.8, 4) is 11.5 Å². The second kappa shape index (κ2) is 9.06. The minimum Gasteiger partial charge on any atom is -0.496 e. The lowest BCUT2D eigenvalue weighted by Gasteiger charge is -2.27. The average Bonchev–Trinajstić information content (AvgIpc) is 2.85. The predicted octanol–water partition coefficient (Wildman–Crippen LogP) is 8.22. The molecule has 0 bridgehead atoms. The first-order valence-electron chi connectivity index (χ1n) is 11.8. The number of fused-ring (bicyclic) bond motifs is 5. The van der Waals surface area contributed by atoms with Crippen LogP contribution in [0, 0.1) is 5.82 Å². The fourth-order valence-corrected chi connectivity index (χ4v) is 5.55. The fourth-order valence-electron chi connectivity index (χ4n) is 5.55. The van der Waals surface area contributed by atoms with Crippen LogP contribution in [0.4, 0.5) is 17.6 Å². The van der Waals surface area contributed by atoms with Gasteiger partial charge in [0.15, 0.2) is 0 Å². The summed E-state index contributed by atoms with van der Waals surface area (Å²) in [5.41, 5.74) is 1.93. The fraction of sp³-hybridized carbons (Fsp3) is 0.310. The maximum atomic E-state index is 14.0. The molecule has 0 saturated heterocycles. The van der Waals surface area contributed by atoms with Gasteiger partial charge in [0.1, 0.15) is 17.3 Å². The zero-order valence-electron chi connectivity index (χ0n) is 19.6. The first-order chi connectivity index (χ1) is 16.8. The van der Waals surface area contributed by atoms with Gasteiger partial charge in [0.2, 0.25) is 0 Å². The number of hydrogen-bond donors (Lipinski definition) is 0. The van der Waals surface area contributed by atoms with E-state index >= 15 is 0 Å². The summed E-state index contributed by atoms with van der Waals surface area (Å²) in [4.78, 5) is 0. The van der Waals surface area contributed by atoms with Crippen molar-refractivity contribution >= 4 is 21.5 Å². The van der Waals surface area contributed by atoms with Gasteiger partial charge in [-0.2, -0.15) is 13.2 Å². The minimum atomic E-state index is -4.68. The number of rotatable bonds is 5. The topological polar surface area (TPSA) is 18.5 Å². The molecule has 4 aromatic carbocycles. The van der Waals surface area contributed by atoms with Crippen molar-refractivity contribution in [1.82, 2.24) is 0 Å². The highest BCUT2D eigenvalue weighted by Crippen LogP contribution is 2.44. The largest absolute Gasteiger partial charge is 0.496 e. The third-order valence-electron chi connectivity index (χ3n) is 7.21. The number of alkyl halides is 3. The summed E-state index contributed by atoms with van der Waals surface area (Å²) in [6.07, 6.45) is -0.425. The van der Waals surface area contributed by atoms with Crippen LogP contribution in [-0.2, 0) is 19.0 Å². The van der Waals surface area contributed by atoms with Gasteiger partial charge in [0.25, 0.3) is 0 Å². The van der Waals surface area contributed by atoms with E-state index in [0.717, 1.165) is 70.9 Å². The third-order valence-corrected chi connectivity index (χ3v) is 7.21. The SMILES string of the molecule is COc1cccc2c1c(OC)cc1c3c(ccc12)C(CCc1ccc(C(F)(F)F)c(F)c1)CCC3. The first-order valence-corrected chi connectivity index (χ1v) is 11.8. The van der Waals surface area contributed by atoms with Crippen LogP contribution < -0.4 is 9.47 Å². The van der Waals surface area contributed by atoms with Crippen molar-refractivity contribution in [3.05, 3.63) is 82.7 Å². The van der Waals surface area contributed by atoms with Crippen molar-refractivity contribution in [1.29, 1.82) is 0 Å². The second-order valence-electron chi connectivity index (χ2n) is 9.13. The smallest absolute Gasteiger partial charge is 0.419 e. The van der Waals surface area contributed by atoms with Crippen LogP contribution in [0.3, 0.4) is 0 Å².